The number of hydrogen-bond donors (Lipinski definition) is 1. The van der Waals surface area contributed by atoms with Crippen LogP contribution in [-0.4, -0.2) is 14.8 Å². The fourth-order valence-electron chi connectivity index (χ4n) is 1.63. The van der Waals surface area contributed by atoms with Gasteiger partial charge in [-0.25, -0.2) is 4.39 Å². The molecular weight excluding hydrogens is 251 g/mol. The van der Waals surface area contributed by atoms with Crippen LogP contribution in [0.25, 0.3) is 0 Å². The van der Waals surface area contributed by atoms with Crippen molar-refractivity contribution in [3.05, 3.63) is 35.6 Å². The zero-order valence-electron chi connectivity index (χ0n) is 10.3. The molecule has 0 unspecified atom stereocenters. The zero-order chi connectivity index (χ0) is 13.1. The predicted molar refractivity (Wildman–Crippen MR) is 70.8 cm³/mol. The molecule has 0 fully saturated rings. The molecule has 96 valence electrons. The summed E-state index contributed by atoms with van der Waals surface area (Å²) in [6.07, 6.45) is 0. The lowest BCUT2D eigenvalue weighted by Crippen LogP contribution is -2.07. The summed E-state index contributed by atoms with van der Waals surface area (Å²) in [7, 11) is 0. The van der Waals surface area contributed by atoms with Gasteiger partial charge in [0.25, 0.3) is 0 Å². The van der Waals surface area contributed by atoms with Crippen molar-refractivity contribution in [2.45, 2.75) is 30.8 Å². The second kappa shape index (κ2) is 5.39. The molecule has 0 aliphatic carbocycles. The van der Waals surface area contributed by atoms with Gasteiger partial charge < -0.3 is 5.73 Å². The Bertz CT molecular complexity index is 539. The van der Waals surface area contributed by atoms with E-state index >= 15 is 0 Å². The van der Waals surface area contributed by atoms with Gasteiger partial charge in [-0.15, -0.1) is 10.2 Å². The number of benzene rings is 1. The van der Waals surface area contributed by atoms with Crippen molar-refractivity contribution >= 4 is 17.7 Å². The molecule has 1 aromatic heterocycles. The van der Waals surface area contributed by atoms with Gasteiger partial charge in [0.2, 0.25) is 5.95 Å². The van der Waals surface area contributed by atoms with Gasteiger partial charge in [-0.1, -0.05) is 30.0 Å². The highest BCUT2D eigenvalue weighted by Crippen LogP contribution is 2.26. The smallest absolute Gasteiger partial charge is 0.222 e. The van der Waals surface area contributed by atoms with Crippen LogP contribution in [0, 0.1) is 5.82 Å². The second-order valence-electron chi connectivity index (χ2n) is 4.18. The van der Waals surface area contributed by atoms with E-state index in [1.165, 1.54) is 17.8 Å². The van der Waals surface area contributed by atoms with E-state index in [0.717, 1.165) is 0 Å². The molecule has 0 aliphatic rings. The number of rotatable bonds is 4. The molecule has 0 saturated carbocycles. The molecule has 0 spiro atoms. The summed E-state index contributed by atoms with van der Waals surface area (Å²) in [4.78, 5) is 0. The van der Waals surface area contributed by atoms with Gasteiger partial charge in [0.15, 0.2) is 5.16 Å². The summed E-state index contributed by atoms with van der Waals surface area (Å²) in [5, 5.41) is 8.57. The fraction of sp³-hybridized carbons (Fsp3) is 0.333. The van der Waals surface area contributed by atoms with Gasteiger partial charge in [0.1, 0.15) is 5.82 Å². The molecule has 0 aliphatic heterocycles. The lowest BCUT2D eigenvalue weighted by atomic mass is 10.2. The Morgan fingerprint density at radius 3 is 2.72 bits per heavy atom. The first-order valence-corrected chi connectivity index (χ1v) is 6.64. The van der Waals surface area contributed by atoms with Crippen molar-refractivity contribution in [1.29, 1.82) is 0 Å². The zero-order valence-corrected chi connectivity index (χ0v) is 11.1. The quantitative estimate of drug-likeness (QED) is 0.864. The largest absolute Gasteiger partial charge is 0.368 e. The number of aromatic nitrogens is 3. The van der Waals surface area contributed by atoms with E-state index < -0.39 is 0 Å². The lowest BCUT2D eigenvalue weighted by Gasteiger charge is -2.11. The summed E-state index contributed by atoms with van der Waals surface area (Å²) in [6, 6.07) is 6.90. The molecule has 6 heteroatoms. The number of nitrogens with two attached hydrogens (primary N) is 1. The molecule has 0 saturated heterocycles. The number of nitrogen functional groups attached to an aromatic ring is 1. The van der Waals surface area contributed by atoms with Crippen LogP contribution in [0.3, 0.4) is 0 Å². The van der Waals surface area contributed by atoms with Crippen LogP contribution >= 0.6 is 11.8 Å². The van der Waals surface area contributed by atoms with Gasteiger partial charge in [0, 0.05) is 11.8 Å². The third-order valence-corrected chi connectivity index (χ3v) is 3.51. The van der Waals surface area contributed by atoms with E-state index in [1.807, 2.05) is 24.5 Å². The van der Waals surface area contributed by atoms with Crippen LogP contribution in [-0.2, 0) is 5.75 Å². The number of nitrogens with zero attached hydrogens (tertiary/aromatic N) is 3. The molecule has 0 atom stereocenters. The fourth-order valence-corrected chi connectivity index (χ4v) is 2.69. The number of thioether (sulfide) groups is 1. The van der Waals surface area contributed by atoms with Crippen LogP contribution in [0.5, 0.6) is 0 Å². The van der Waals surface area contributed by atoms with Crippen LogP contribution in [0.15, 0.2) is 29.4 Å². The normalized spacial score (nSPS) is 11.1. The van der Waals surface area contributed by atoms with Gasteiger partial charge in [-0.3, -0.25) is 4.57 Å². The maximum Gasteiger partial charge on any atom is 0.222 e. The SMILES string of the molecule is CC(C)n1c(N)nnc1SCc1ccccc1F. The van der Waals surface area contributed by atoms with E-state index in [-0.39, 0.29) is 11.9 Å². The molecule has 0 bridgehead atoms. The van der Waals surface area contributed by atoms with Crippen molar-refractivity contribution in [3.8, 4) is 0 Å². The number of halogens is 1. The molecule has 0 amide bonds. The summed E-state index contributed by atoms with van der Waals surface area (Å²) >= 11 is 1.43. The molecule has 1 aromatic carbocycles. The van der Waals surface area contributed by atoms with Crippen LogP contribution in [0.1, 0.15) is 25.5 Å². The minimum Gasteiger partial charge on any atom is -0.368 e. The van der Waals surface area contributed by atoms with Crippen molar-refractivity contribution in [1.82, 2.24) is 14.8 Å². The summed E-state index contributed by atoms with van der Waals surface area (Å²) in [5.74, 6) is 0.701. The van der Waals surface area contributed by atoms with E-state index in [2.05, 4.69) is 10.2 Å². The Labute approximate surface area is 109 Å². The first-order valence-electron chi connectivity index (χ1n) is 5.66. The highest BCUT2D eigenvalue weighted by Gasteiger charge is 2.13. The summed E-state index contributed by atoms with van der Waals surface area (Å²) in [5.41, 5.74) is 6.40. The first kappa shape index (κ1) is 12.9. The third-order valence-electron chi connectivity index (χ3n) is 2.52. The standard InChI is InChI=1S/C12H15FN4S/c1-8(2)17-11(14)15-16-12(17)18-7-9-5-3-4-6-10(9)13/h3-6,8H,7H2,1-2H3,(H2,14,15). The molecule has 2 aromatic rings. The van der Waals surface area contributed by atoms with E-state index in [4.69, 9.17) is 5.73 Å². The van der Waals surface area contributed by atoms with E-state index in [1.54, 1.807) is 12.1 Å². The van der Waals surface area contributed by atoms with Crippen LogP contribution in [0.2, 0.25) is 0 Å². The Morgan fingerprint density at radius 2 is 2.06 bits per heavy atom. The van der Waals surface area contributed by atoms with Crippen molar-refractivity contribution in [2.24, 2.45) is 0 Å². The Kier molecular flexibility index (Phi) is 3.86. The molecule has 2 N–H and O–H groups in total. The Balaban J connectivity index is 2.14. The topological polar surface area (TPSA) is 56.7 Å². The minimum atomic E-state index is -0.200. The second-order valence-corrected chi connectivity index (χ2v) is 5.13. The molecule has 4 nitrogen and oxygen atoms in total. The molecule has 0 radical (unpaired) electrons. The minimum absolute atomic E-state index is 0.183. The average molecular weight is 266 g/mol. The maximum absolute atomic E-state index is 13.5. The van der Waals surface area contributed by atoms with Gasteiger partial charge in [-0.05, 0) is 25.5 Å². The molecular formula is C12H15FN4S. The average Bonchev–Trinajstić information content (AvgIpc) is 2.69. The highest BCUT2D eigenvalue weighted by molar-refractivity contribution is 7.98. The van der Waals surface area contributed by atoms with Gasteiger partial charge >= 0.3 is 0 Å². The van der Waals surface area contributed by atoms with Crippen molar-refractivity contribution < 1.29 is 4.39 Å². The molecule has 18 heavy (non-hydrogen) atoms. The predicted octanol–water partition coefficient (Wildman–Crippen LogP) is 2.87. The highest BCUT2D eigenvalue weighted by atomic mass is 32.2. The maximum atomic E-state index is 13.5. The van der Waals surface area contributed by atoms with Crippen LogP contribution in [0.4, 0.5) is 10.3 Å². The van der Waals surface area contributed by atoms with Crippen molar-refractivity contribution in [2.75, 3.05) is 5.73 Å². The molecule has 2 rings (SSSR count). The Hall–Kier alpha value is -1.56. The monoisotopic (exact) mass is 266 g/mol. The summed E-state index contributed by atoms with van der Waals surface area (Å²) in [6.45, 7) is 4.01. The third kappa shape index (κ3) is 2.64. The Morgan fingerprint density at radius 1 is 1.33 bits per heavy atom. The van der Waals surface area contributed by atoms with E-state index in [0.29, 0.717) is 22.4 Å². The lowest BCUT2D eigenvalue weighted by molar-refractivity contribution is 0.557. The summed E-state index contributed by atoms with van der Waals surface area (Å²) < 4.78 is 15.3. The van der Waals surface area contributed by atoms with Gasteiger partial charge in [0.05, 0.1) is 0 Å². The first-order chi connectivity index (χ1) is 8.59. The van der Waals surface area contributed by atoms with Crippen LogP contribution < -0.4 is 5.73 Å². The van der Waals surface area contributed by atoms with E-state index in [9.17, 15) is 4.39 Å². The van der Waals surface area contributed by atoms with Gasteiger partial charge in [-0.2, -0.15) is 0 Å². The number of anilines is 1. The molecule has 1 heterocycles. The van der Waals surface area contributed by atoms with Crippen molar-refractivity contribution in [3.63, 3.8) is 0 Å². The number of hydrogen-bond acceptors (Lipinski definition) is 4.